The van der Waals surface area contributed by atoms with Crippen LogP contribution in [-0.4, -0.2) is 31.2 Å². The molecule has 1 aromatic carbocycles. The van der Waals surface area contributed by atoms with Crippen LogP contribution in [-0.2, 0) is 5.54 Å². The monoisotopic (exact) mass is 454 g/mol. The number of anilines is 1. The molecular weight excluding hydrogens is 424 g/mol. The molecular formula is C27H30N6O. The lowest BCUT2D eigenvalue weighted by atomic mass is 10.00. The number of hydrogen-bond donors (Lipinski definition) is 4. The highest BCUT2D eigenvalue weighted by atomic mass is 16.3. The number of H-pyrrole nitrogens is 1. The molecule has 0 amide bonds. The molecule has 0 saturated heterocycles. The summed E-state index contributed by atoms with van der Waals surface area (Å²) in [4.78, 5) is 7.63. The van der Waals surface area contributed by atoms with Gasteiger partial charge in [0.05, 0.1) is 5.54 Å². The van der Waals surface area contributed by atoms with Gasteiger partial charge in [0.2, 0.25) is 6.35 Å². The molecule has 0 bridgehead atoms. The predicted molar refractivity (Wildman–Crippen MR) is 137 cm³/mol. The van der Waals surface area contributed by atoms with Gasteiger partial charge in [-0.05, 0) is 69.5 Å². The van der Waals surface area contributed by atoms with Crippen LogP contribution in [0.4, 0.5) is 5.69 Å². The molecule has 174 valence electrons. The summed E-state index contributed by atoms with van der Waals surface area (Å²) in [5.74, 6) is 0. The van der Waals surface area contributed by atoms with Crippen LogP contribution in [0.5, 0.6) is 0 Å². The average Bonchev–Trinajstić information content (AvgIpc) is 3.47. The van der Waals surface area contributed by atoms with Crippen LogP contribution in [0.25, 0.3) is 33.4 Å². The molecule has 0 saturated carbocycles. The van der Waals surface area contributed by atoms with Gasteiger partial charge in [0.1, 0.15) is 11.3 Å². The third-order valence-corrected chi connectivity index (χ3v) is 5.91. The zero-order valence-corrected chi connectivity index (χ0v) is 19.7. The van der Waals surface area contributed by atoms with Gasteiger partial charge in [0.15, 0.2) is 0 Å². The fraction of sp³-hybridized carbons (Fsp3) is 0.259. The number of pyridine rings is 1. The highest BCUT2D eigenvalue weighted by Crippen LogP contribution is 2.36. The number of aromatic nitrogens is 4. The second kappa shape index (κ2) is 8.83. The number of nitrogens with one attached hydrogen (secondary N) is 3. The van der Waals surface area contributed by atoms with Crippen LogP contribution in [0.1, 0.15) is 33.6 Å². The van der Waals surface area contributed by atoms with Gasteiger partial charge in [-0.15, -0.1) is 0 Å². The lowest BCUT2D eigenvalue weighted by Gasteiger charge is -2.19. The smallest absolute Gasteiger partial charge is 0.202 e. The van der Waals surface area contributed by atoms with Crippen LogP contribution in [0.15, 0.2) is 78.9 Å². The molecule has 4 aromatic rings. The van der Waals surface area contributed by atoms with E-state index < -0.39 is 6.35 Å². The highest BCUT2D eigenvalue weighted by molar-refractivity contribution is 5.96. The number of rotatable bonds is 6. The van der Waals surface area contributed by atoms with Gasteiger partial charge in [-0.1, -0.05) is 24.3 Å². The van der Waals surface area contributed by atoms with Crippen molar-refractivity contribution in [1.29, 1.82) is 0 Å². The standard InChI is InChI=1S/C27H30N6O/c1-27(2,3)33-17-23(21-13-15-28-25-22(21)14-16-29-25)24(32-33)18-9-11-20(12-10-18)31-26(34)30-19-7-5-4-6-8-19/h5,7-17,26,30-31,34H,4,6H2,1-3H3,(H,28,29). The van der Waals surface area contributed by atoms with Crippen molar-refractivity contribution >= 4 is 16.7 Å². The topological polar surface area (TPSA) is 90.8 Å². The summed E-state index contributed by atoms with van der Waals surface area (Å²) in [5, 5.41) is 22.6. The second-order valence-electron chi connectivity index (χ2n) is 9.51. The van der Waals surface area contributed by atoms with Gasteiger partial charge in [-0.25, -0.2) is 4.98 Å². The van der Waals surface area contributed by atoms with Crippen molar-refractivity contribution in [2.45, 2.75) is 45.5 Å². The number of fused-ring (bicyclic) bond motifs is 1. The van der Waals surface area contributed by atoms with E-state index in [1.807, 2.05) is 59.5 Å². The molecule has 1 aliphatic carbocycles. The van der Waals surface area contributed by atoms with Crippen LogP contribution in [0.3, 0.4) is 0 Å². The van der Waals surface area contributed by atoms with E-state index in [2.05, 4.69) is 59.7 Å². The van der Waals surface area contributed by atoms with E-state index >= 15 is 0 Å². The van der Waals surface area contributed by atoms with Crippen LogP contribution < -0.4 is 10.6 Å². The van der Waals surface area contributed by atoms with Gasteiger partial charge in [0, 0.05) is 46.5 Å². The predicted octanol–water partition coefficient (Wildman–Crippen LogP) is 5.36. The number of aromatic amines is 1. The first kappa shape index (κ1) is 22.0. The number of aliphatic hydroxyl groups is 1. The minimum atomic E-state index is -0.880. The molecule has 1 aliphatic rings. The third-order valence-electron chi connectivity index (χ3n) is 5.91. The molecule has 1 unspecified atom stereocenters. The van der Waals surface area contributed by atoms with Crippen molar-refractivity contribution in [2.75, 3.05) is 5.32 Å². The molecule has 0 spiro atoms. The van der Waals surface area contributed by atoms with E-state index in [4.69, 9.17) is 5.10 Å². The van der Waals surface area contributed by atoms with Gasteiger partial charge in [-0.3, -0.25) is 4.68 Å². The number of allylic oxidation sites excluding steroid dienone is 3. The maximum atomic E-state index is 10.4. The first-order chi connectivity index (χ1) is 16.4. The van der Waals surface area contributed by atoms with Gasteiger partial charge >= 0.3 is 0 Å². The normalized spacial score (nSPS) is 14.8. The van der Waals surface area contributed by atoms with Crippen molar-refractivity contribution in [3.63, 3.8) is 0 Å². The Morgan fingerprint density at radius 3 is 2.59 bits per heavy atom. The van der Waals surface area contributed by atoms with Crippen LogP contribution in [0.2, 0.25) is 0 Å². The van der Waals surface area contributed by atoms with Crippen molar-refractivity contribution < 1.29 is 5.11 Å². The number of nitrogens with zero attached hydrogens (tertiary/aromatic N) is 3. The van der Waals surface area contributed by atoms with Gasteiger partial charge in [-0.2, -0.15) is 5.10 Å². The Labute approximate surface area is 199 Å². The highest BCUT2D eigenvalue weighted by Gasteiger charge is 2.21. The summed E-state index contributed by atoms with van der Waals surface area (Å²) in [6.07, 6.45) is 13.2. The van der Waals surface area contributed by atoms with E-state index in [0.29, 0.717) is 0 Å². The minimum Gasteiger partial charge on any atom is -0.357 e. The van der Waals surface area contributed by atoms with Crippen molar-refractivity contribution in [3.05, 3.63) is 78.9 Å². The molecule has 7 heteroatoms. The zero-order valence-electron chi connectivity index (χ0n) is 19.7. The van der Waals surface area contributed by atoms with Crippen molar-refractivity contribution in [2.24, 2.45) is 0 Å². The van der Waals surface area contributed by atoms with Crippen LogP contribution in [0, 0.1) is 0 Å². The molecule has 4 N–H and O–H groups in total. The minimum absolute atomic E-state index is 0.156. The summed E-state index contributed by atoms with van der Waals surface area (Å²) in [7, 11) is 0. The maximum Gasteiger partial charge on any atom is 0.202 e. The molecule has 0 aliphatic heterocycles. The summed E-state index contributed by atoms with van der Waals surface area (Å²) in [6, 6.07) is 12.1. The summed E-state index contributed by atoms with van der Waals surface area (Å²) < 4.78 is 2.02. The Kier molecular flexibility index (Phi) is 5.71. The zero-order chi connectivity index (χ0) is 23.7. The first-order valence-electron chi connectivity index (χ1n) is 11.6. The maximum absolute atomic E-state index is 10.4. The number of hydrogen-bond acceptors (Lipinski definition) is 5. The van der Waals surface area contributed by atoms with E-state index in [1.165, 1.54) is 0 Å². The van der Waals surface area contributed by atoms with E-state index in [0.717, 1.165) is 57.6 Å². The summed E-state index contributed by atoms with van der Waals surface area (Å²) >= 11 is 0. The fourth-order valence-corrected chi connectivity index (χ4v) is 4.12. The Bertz CT molecular complexity index is 1350. The first-order valence-corrected chi connectivity index (χ1v) is 11.6. The Morgan fingerprint density at radius 2 is 1.85 bits per heavy atom. The fourth-order valence-electron chi connectivity index (χ4n) is 4.12. The third kappa shape index (κ3) is 4.47. The Morgan fingerprint density at radius 1 is 1.03 bits per heavy atom. The second-order valence-corrected chi connectivity index (χ2v) is 9.51. The van der Waals surface area contributed by atoms with E-state index in [9.17, 15) is 5.11 Å². The largest absolute Gasteiger partial charge is 0.357 e. The molecule has 7 nitrogen and oxygen atoms in total. The average molecular weight is 455 g/mol. The summed E-state index contributed by atoms with van der Waals surface area (Å²) in [5.41, 5.74) is 6.50. The molecule has 0 radical (unpaired) electrons. The molecule has 0 fully saturated rings. The summed E-state index contributed by atoms with van der Waals surface area (Å²) in [6.45, 7) is 6.43. The Hall–Kier alpha value is -3.84. The van der Waals surface area contributed by atoms with Crippen molar-refractivity contribution in [1.82, 2.24) is 25.1 Å². The van der Waals surface area contributed by atoms with Gasteiger partial charge < -0.3 is 20.7 Å². The SMILES string of the molecule is CC(C)(C)n1cc(-c2ccnc3[nH]ccc23)c(-c2ccc(NC(O)NC3=CCCC=C3)cc2)n1. The van der Waals surface area contributed by atoms with Crippen molar-refractivity contribution in [3.8, 4) is 22.4 Å². The molecule has 5 rings (SSSR count). The van der Waals surface area contributed by atoms with Gasteiger partial charge in [0.25, 0.3) is 0 Å². The Balaban J connectivity index is 1.45. The molecule has 1 atom stereocenters. The number of benzene rings is 1. The lowest BCUT2D eigenvalue weighted by Crippen LogP contribution is -2.35. The lowest BCUT2D eigenvalue weighted by molar-refractivity contribution is 0.179. The van der Waals surface area contributed by atoms with E-state index in [1.54, 1.807) is 0 Å². The quantitative estimate of drug-likeness (QED) is 0.295. The van der Waals surface area contributed by atoms with Crippen LogP contribution >= 0.6 is 0 Å². The molecule has 3 aromatic heterocycles. The number of aliphatic hydroxyl groups excluding tert-OH is 1. The molecule has 34 heavy (non-hydrogen) atoms. The van der Waals surface area contributed by atoms with E-state index in [-0.39, 0.29) is 5.54 Å². The molecule has 3 heterocycles.